The van der Waals surface area contributed by atoms with Crippen molar-refractivity contribution < 1.29 is 19.1 Å². The van der Waals surface area contributed by atoms with E-state index in [1.165, 1.54) is 11.3 Å². The Labute approximate surface area is 177 Å². The van der Waals surface area contributed by atoms with Crippen LogP contribution in [0.25, 0.3) is 0 Å². The summed E-state index contributed by atoms with van der Waals surface area (Å²) < 4.78 is 5.03. The molecule has 0 aliphatic carbocycles. The van der Waals surface area contributed by atoms with Crippen LogP contribution in [0.15, 0.2) is 29.6 Å². The van der Waals surface area contributed by atoms with Gasteiger partial charge in [-0.3, -0.25) is 14.4 Å². The fourth-order valence-electron chi connectivity index (χ4n) is 2.22. The molecule has 9 heteroatoms. The zero-order valence-corrected chi connectivity index (χ0v) is 17.9. The number of benzene rings is 1. The maximum Gasteiger partial charge on any atom is 0.319 e. The first-order chi connectivity index (χ1) is 13.8. The van der Waals surface area contributed by atoms with E-state index in [2.05, 4.69) is 10.3 Å². The lowest BCUT2D eigenvalue weighted by Gasteiger charge is -2.12. The maximum atomic E-state index is 12.2. The zero-order chi connectivity index (χ0) is 21.4. The highest BCUT2D eigenvalue weighted by molar-refractivity contribution is 8.01. The van der Waals surface area contributed by atoms with Crippen LogP contribution in [0.5, 0.6) is 0 Å². The molecule has 0 fully saturated rings. The van der Waals surface area contributed by atoms with Crippen molar-refractivity contribution in [3.63, 3.8) is 0 Å². The van der Waals surface area contributed by atoms with Gasteiger partial charge in [0.25, 0.3) is 0 Å². The molecule has 1 aromatic carbocycles. The Morgan fingerprint density at radius 2 is 1.97 bits per heavy atom. The topological polar surface area (TPSA) is 109 Å². The number of hydrogen-bond acceptors (Lipinski definition) is 8. The summed E-state index contributed by atoms with van der Waals surface area (Å²) >= 11 is 2.33. The molecule has 0 aliphatic rings. The number of aryl methyl sites for hydroxylation is 2. The van der Waals surface area contributed by atoms with Crippen molar-refractivity contribution >= 4 is 46.4 Å². The number of ketones is 1. The minimum atomic E-state index is -1.05. The molecule has 7 nitrogen and oxygen atoms in total. The van der Waals surface area contributed by atoms with Crippen molar-refractivity contribution in [3.05, 3.63) is 45.9 Å². The molecule has 0 aliphatic heterocycles. The van der Waals surface area contributed by atoms with Crippen molar-refractivity contribution in [1.29, 1.82) is 5.26 Å². The fourth-order valence-corrected chi connectivity index (χ4v) is 3.75. The minimum absolute atomic E-state index is 0.0668. The van der Waals surface area contributed by atoms with Crippen molar-refractivity contribution in [2.45, 2.75) is 31.9 Å². The number of thioether (sulfide) groups is 1. The second kappa shape index (κ2) is 10.7. The van der Waals surface area contributed by atoms with Crippen LogP contribution in [0.2, 0.25) is 0 Å². The van der Waals surface area contributed by atoms with Crippen LogP contribution < -0.4 is 5.32 Å². The monoisotopic (exact) mass is 431 g/mol. The van der Waals surface area contributed by atoms with Gasteiger partial charge in [0.15, 0.2) is 18.3 Å². The number of carbonyl (C=O) groups is 3. The third-order valence-electron chi connectivity index (χ3n) is 3.82. The SMILES string of the molecule is Cc1ccc(NC(=O)CS[C@H](C)C(=O)OCC(=O)[C@@H](C#N)c2nc(C)cs2)cc1. The van der Waals surface area contributed by atoms with E-state index in [4.69, 9.17) is 4.74 Å². The van der Waals surface area contributed by atoms with E-state index in [0.29, 0.717) is 10.7 Å². The van der Waals surface area contributed by atoms with Crippen molar-refractivity contribution in [3.8, 4) is 6.07 Å². The first-order valence-corrected chi connectivity index (χ1v) is 10.7. The van der Waals surface area contributed by atoms with Crippen LogP contribution >= 0.6 is 23.1 Å². The molecule has 0 saturated heterocycles. The number of amides is 1. The van der Waals surface area contributed by atoms with Crippen LogP contribution in [-0.2, 0) is 19.1 Å². The van der Waals surface area contributed by atoms with E-state index in [1.54, 1.807) is 31.4 Å². The largest absolute Gasteiger partial charge is 0.457 e. The summed E-state index contributed by atoms with van der Waals surface area (Å²) in [5.41, 5.74) is 2.50. The first-order valence-electron chi connectivity index (χ1n) is 8.79. The molecule has 29 heavy (non-hydrogen) atoms. The lowest BCUT2D eigenvalue weighted by Crippen LogP contribution is -2.25. The molecule has 0 bridgehead atoms. The van der Waals surface area contributed by atoms with Crippen LogP contribution in [0, 0.1) is 25.2 Å². The highest BCUT2D eigenvalue weighted by atomic mass is 32.2. The number of anilines is 1. The highest BCUT2D eigenvalue weighted by Crippen LogP contribution is 2.21. The lowest BCUT2D eigenvalue weighted by atomic mass is 10.1. The molecule has 1 heterocycles. The summed E-state index contributed by atoms with van der Waals surface area (Å²) in [7, 11) is 0. The van der Waals surface area contributed by atoms with Gasteiger partial charge in [-0.25, -0.2) is 4.98 Å². The Kier molecular flexibility index (Phi) is 8.36. The van der Waals surface area contributed by atoms with Gasteiger partial charge in [-0.2, -0.15) is 5.26 Å². The number of aromatic nitrogens is 1. The Bertz CT molecular complexity index is 919. The molecule has 1 aromatic heterocycles. The van der Waals surface area contributed by atoms with Crippen LogP contribution in [0.4, 0.5) is 5.69 Å². The minimum Gasteiger partial charge on any atom is -0.457 e. The molecule has 2 rings (SSSR count). The van der Waals surface area contributed by atoms with E-state index in [1.807, 2.05) is 25.1 Å². The van der Waals surface area contributed by atoms with Gasteiger partial charge in [0.2, 0.25) is 5.91 Å². The summed E-state index contributed by atoms with van der Waals surface area (Å²) in [6, 6.07) is 9.29. The number of hydrogen-bond donors (Lipinski definition) is 1. The number of esters is 1. The van der Waals surface area contributed by atoms with Crippen LogP contribution in [-0.4, -0.2) is 40.3 Å². The van der Waals surface area contributed by atoms with Crippen molar-refractivity contribution in [2.75, 3.05) is 17.7 Å². The van der Waals surface area contributed by atoms with Gasteiger partial charge < -0.3 is 10.1 Å². The average molecular weight is 432 g/mol. The van der Waals surface area contributed by atoms with E-state index < -0.39 is 29.5 Å². The molecule has 0 saturated carbocycles. The van der Waals surface area contributed by atoms with Gasteiger partial charge in [-0.15, -0.1) is 23.1 Å². The molecule has 1 amide bonds. The van der Waals surface area contributed by atoms with Crippen LogP contribution in [0.1, 0.15) is 29.1 Å². The Morgan fingerprint density at radius 1 is 1.28 bits per heavy atom. The van der Waals surface area contributed by atoms with Gasteiger partial charge >= 0.3 is 5.97 Å². The molecule has 2 aromatic rings. The zero-order valence-electron chi connectivity index (χ0n) is 16.3. The van der Waals surface area contributed by atoms with Gasteiger partial charge in [-0.05, 0) is 32.9 Å². The molecule has 0 radical (unpaired) electrons. The van der Waals surface area contributed by atoms with Gasteiger partial charge in [-0.1, -0.05) is 17.7 Å². The van der Waals surface area contributed by atoms with Gasteiger partial charge in [0, 0.05) is 16.8 Å². The predicted octanol–water partition coefficient (Wildman–Crippen LogP) is 3.24. The number of carbonyl (C=O) groups excluding carboxylic acids is 3. The number of Topliss-reactive ketones (excluding diaryl/α,β-unsaturated/α-hetero) is 1. The molecular formula is C20H21N3O4S2. The summed E-state index contributed by atoms with van der Waals surface area (Å²) in [6.45, 7) is 4.82. The van der Waals surface area contributed by atoms with Crippen molar-refractivity contribution in [1.82, 2.24) is 4.98 Å². The molecule has 0 unspecified atom stereocenters. The fraction of sp³-hybridized carbons (Fsp3) is 0.350. The highest BCUT2D eigenvalue weighted by Gasteiger charge is 2.25. The quantitative estimate of drug-likeness (QED) is 0.607. The molecule has 1 N–H and O–H groups in total. The first kappa shape index (κ1) is 22.6. The van der Waals surface area contributed by atoms with Gasteiger partial charge in [0.05, 0.1) is 11.8 Å². The lowest BCUT2D eigenvalue weighted by molar-refractivity contribution is -0.147. The Morgan fingerprint density at radius 3 is 2.55 bits per heavy atom. The maximum absolute atomic E-state index is 12.2. The smallest absolute Gasteiger partial charge is 0.319 e. The molecule has 152 valence electrons. The summed E-state index contributed by atoms with van der Waals surface area (Å²) in [6.07, 6.45) is 0. The second-order valence-electron chi connectivity index (χ2n) is 6.33. The number of rotatable bonds is 9. The number of nitriles is 1. The number of thiazole rings is 1. The summed E-state index contributed by atoms with van der Waals surface area (Å²) in [5.74, 6) is -2.36. The van der Waals surface area contributed by atoms with E-state index in [0.717, 1.165) is 23.0 Å². The number of ether oxygens (including phenoxy) is 1. The second-order valence-corrected chi connectivity index (χ2v) is 8.55. The van der Waals surface area contributed by atoms with E-state index in [9.17, 15) is 19.6 Å². The summed E-state index contributed by atoms with van der Waals surface area (Å²) in [4.78, 5) is 40.4. The normalized spacial score (nSPS) is 12.5. The third-order valence-corrected chi connectivity index (χ3v) is 5.97. The Balaban J connectivity index is 1.76. The molecule has 2 atom stereocenters. The van der Waals surface area contributed by atoms with Crippen LogP contribution in [0.3, 0.4) is 0 Å². The predicted molar refractivity (Wildman–Crippen MR) is 113 cm³/mol. The average Bonchev–Trinajstić information content (AvgIpc) is 3.12. The standard InChI is InChI=1S/C20H21N3O4S2/c1-12-4-6-15(7-5-12)23-18(25)11-28-14(3)20(26)27-9-17(24)16(8-21)19-22-13(2)10-29-19/h4-7,10,14,16H,9,11H2,1-3H3,(H,23,25)/t14-,16-/m1/s1. The molecular weight excluding hydrogens is 410 g/mol. The number of nitrogens with one attached hydrogen (secondary N) is 1. The van der Waals surface area contributed by atoms with E-state index >= 15 is 0 Å². The molecule has 0 spiro atoms. The third kappa shape index (κ3) is 7.00. The van der Waals surface area contributed by atoms with Gasteiger partial charge in [0.1, 0.15) is 10.3 Å². The van der Waals surface area contributed by atoms with Crippen molar-refractivity contribution in [2.24, 2.45) is 0 Å². The summed E-state index contributed by atoms with van der Waals surface area (Å²) in [5, 5.41) is 13.5. The van der Waals surface area contributed by atoms with E-state index in [-0.39, 0.29) is 11.7 Å². The Hall–Kier alpha value is -2.70. The number of nitrogens with zero attached hydrogens (tertiary/aromatic N) is 2.